The fourth-order valence-electron chi connectivity index (χ4n) is 2.90. The van der Waals surface area contributed by atoms with E-state index in [0.29, 0.717) is 5.56 Å². The molecule has 2 aromatic carbocycles. The van der Waals surface area contributed by atoms with Crippen molar-refractivity contribution in [3.05, 3.63) is 66.0 Å². The molecule has 1 aliphatic carbocycles. The summed E-state index contributed by atoms with van der Waals surface area (Å²) in [5.41, 5.74) is 0.624. The van der Waals surface area contributed by atoms with Gasteiger partial charge in [-0.15, -0.1) is 0 Å². The van der Waals surface area contributed by atoms with Gasteiger partial charge in [-0.05, 0) is 29.8 Å². The highest BCUT2D eigenvalue weighted by atomic mass is 32.2. The van der Waals surface area contributed by atoms with Gasteiger partial charge in [0.1, 0.15) is 5.82 Å². The fraction of sp³-hybridized carbons (Fsp3) is 0.250. The van der Waals surface area contributed by atoms with Gasteiger partial charge in [-0.3, -0.25) is 0 Å². The second kappa shape index (κ2) is 5.24. The lowest BCUT2D eigenvalue weighted by Crippen LogP contribution is -2.11. The van der Waals surface area contributed by atoms with Crippen LogP contribution in [-0.2, 0) is 9.84 Å². The Hall–Kier alpha value is -1.72. The molecule has 0 amide bonds. The van der Waals surface area contributed by atoms with E-state index in [-0.39, 0.29) is 23.3 Å². The van der Waals surface area contributed by atoms with E-state index in [2.05, 4.69) is 0 Å². The van der Waals surface area contributed by atoms with Gasteiger partial charge in [0.25, 0.3) is 0 Å². The molecular weight excluding hydrogens is 291 g/mol. The molecule has 5 heteroatoms. The van der Waals surface area contributed by atoms with E-state index >= 15 is 0 Å². The summed E-state index contributed by atoms with van der Waals surface area (Å²) in [5.74, 6) is -1.13. The van der Waals surface area contributed by atoms with Crippen molar-refractivity contribution in [1.82, 2.24) is 0 Å². The summed E-state index contributed by atoms with van der Waals surface area (Å²) >= 11 is 0. The maximum atomic E-state index is 13.3. The molecule has 0 radical (unpaired) electrons. The molecule has 3 atom stereocenters. The number of benzene rings is 2. The SMILES string of the molecule is O=S(=O)(c1ccccc1)[C@H]1[C@@H](CO)[C@@H]1c1cccc(F)c1. The minimum Gasteiger partial charge on any atom is -0.396 e. The zero-order valence-corrected chi connectivity index (χ0v) is 12.0. The van der Waals surface area contributed by atoms with Gasteiger partial charge >= 0.3 is 0 Å². The first-order chi connectivity index (χ1) is 10.1. The van der Waals surface area contributed by atoms with Crippen molar-refractivity contribution in [3.63, 3.8) is 0 Å². The number of hydrogen-bond donors (Lipinski definition) is 1. The molecule has 2 aromatic rings. The van der Waals surface area contributed by atoms with Gasteiger partial charge in [-0.1, -0.05) is 30.3 Å². The zero-order valence-electron chi connectivity index (χ0n) is 11.2. The minimum absolute atomic E-state index is 0.224. The molecule has 0 bridgehead atoms. The smallest absolute Gasteiger partial charge is 0.182 e. The Bertz CT molecular complexity index is 743. The molecular formula is C16H15FO3S. The van der Waals surface area contributed by atoms with Crippen LogP contribution >= 0.6 is 0 Å². The Labute approximate surface area is 123 Å². The van der Waals surface area contributed by atoms with Crippen LogP contribution in [0.4, 0.5) is 4.39 Å². The molecule has 1 saturated carbocycles. The standard InChI is InChI=1S/C16H15FO3S/c17-12-6-4-5-11(9-12)15-14(10-18)16(15)21(19,20)13-7-2-1-3-8-13/h1-9,14-16,18H,10H2/t14-,15-,16-/m0/s1. The van der Waals surface area contributed by atoms with Crippen molar-refractivity contribution >= 4 is 9.84 Å². The number of sulfone groups is 1. The minimum atomic E-state index is -3.52. The summed E-state index contributed by atoms with van der Waals surface area (Å²) in [4.78, 5) is 0.243. The number of aliphatic hydroxyl groups is 1. The molecule has 1 aliphatic rings. The van der Waals surface area contributed by atoms with Gasteiger partial charge in [0.05, 0.1) is 10.1 Å². The molecule has 0 aliphatic heterocycles. The van der Waals surface area contributed by atoms with E-state index in [0.717, 1.165) is 0 Å². The molecule has 1 N–H and O–H groups in total. The first kappa shape index (κ1) is 14.2. The molecule has 0 spiro atoms. The Morgan fingerprint density at radius 2 is 1.76 bits per heavy atom. The highest BCUT2D eigenvalue weighted by Gasteiger charge is 2.58. The summed E-state index contributed by atoms with van der Waals surface area (Å²) in [6.45, 7) is -0.224. The van der Waals surface area contributed by atoms with E-state index in [9.17, 15) is 17.9 Å². The van der Waals surface area contributed by atoms with Crippen molar-refractivity contribution in [2.45, 2.75) is 16.1 Å². The van der Waals surface area contributed by atoms with E-state index in [1.807, 2.05) is 0 Å². The van der Waals surface area contributed by atoms with Crippen molar-refractivity contribution in [2.24, 2.45) is 5.92 Å². The Balaban J connectivity index is 1.96. The number of aliphatic hydroxyl groups excluding tert-OH is 1. The molecule has 0 heterocycles. The number of halogens is 1. The van der Waals surface area contributed by atoms with Crippen molar-refractivity contribution in [3.8, 4) is 0 Å². The van der Waals surface area contributed by atoms with E-state index < -0.39 is 20.9 Å². The van der Waals surface area contributed by atoms with Gasteiger partial charge < -0.3 is 5.11 Å². The van der Waals surface area contributed by atoms with Crippen LogP contribution in [0.1, 0.15) is 11.5 Å². The molecule has 21 heavy (non-hydrogen) atoms. The lowest BCUT2D eigenvalue weighted by atomic mass is 10.1. The molecule has 3 nitrogen and oxygen atoms in total. The first-order valence-electron chi connectivity index (χ1n) is 6.71. The third-order valence-electron chi connectivity index (χ3n) is 3.97. The zero-order chi connectivity index (χ0) is 15.0. The monoisotopic (exact) mass is 306 g/mol. The van der Waals surface area contributed by atoms with Gasteiger partial charge in [-0.25, -0.2) is 12.8 Å². The summed E-state index contributed by atoms with van der Waals surface area (Å²) in [6.07, 6.45) is 0. The van der Waals surface area contributed by atoms with Gasteiger partial charge in [0, 0.05) is 18.4 Å². The molecule has 0 saturated heterocycles. The lowest BCUT2D eigenvalue weighted by Gasteiger charge is -2.04. The van der Waals surface area contributed by atoms with Crippen LogP contribution < -0.4 is 0 Å². The van der Waals surface area contributed by atoms with E-state index in [1.165, 1.54) is 12.1 Å². The maximum Gasteiger partial charge on any atom is 0.182 e. The van der Waals surface area contributed by atoms with Crippen LogP contribution in [0, 0.1) is 11.7 Å². The molecule has 0 unspecified atom stereocenters. The van der Waals surface area contributed by atoms with Crippen molar-refractivity contribution in [1.29, 1.82) is 0 Å². The first-order valence-corrected chi connectivity index (χ1v) is 8.25. The Kier molecular flexibility index (Phi) is 3.55. The van der Waals surface area contributed by atoms with Gasteiger partial charge in [0.2, 0.25) is 0 Å². The highest BCUT2D eigenvalue weighted by Crippen LogP contribution is 2.53. The normalized spacial score (nSPS) is 24.8. The van der Waals surface area contributed by atoms with Crippen LogP contribution in [0.15, 0.2) is 59.5 Å². The second-order valence-corrected chi connectivity index (χ2v) is 7.36. The third-order valence-corrected chi connectivity index (χ3v) is 6.26. The topological polar surface area (TPSA) is 54.4 Å². The van der Waals surface area contributed by atoms with Crippen molar-refractivity contribution in [2.75, 3.05) is 6.61 Å². The average molecular weight is 306 g/mol. The van der Waals surface area contributed by atoms with Crippen LogP contribution in [-0.4, -0.2) is 25.4 Å². The molecule has 110 valence electrons. The second-order valence-electron chi connectivity index (χ2n) is 5.25. The Morgan fingerprint density at radius 1 is 1.05 bits per heavy atom. The van der Waals surface area contributed by atoms with Crippen LogP contribution in [0.5, 0.6) is 0 Å². The van der Waals surface area contributed by atoms with Crippen LogP contribution in [0.2, 0.25) is 0 Å². The third kappa shape index (κ3) is 2.47. The van der Waals surface area contributed by atoms with E-state index in [4.69, 9.17) is 0 Å². The van der Waals surface area contributed by atoms with Crippen LogP contribution in [0.25, 0.3) is 0 Å². The summed E-state index contributed by atoms with van der Waals surface area (Å²) < 4.78 is 38.6. The van der Waals surface area contributed by atoms with Gasteiger partial charge in [0.15, 0.2) is 9.84 Å². The average Bonchev–Trinajstić information content (AvgIpc) is 3.23. The summed E-state index contributed by atoms with van der Waals surface area (Å²) in [6, 6.07) is 14.1. The highest BCUT2D eigenvalue weighted by molar-refractivity contribution is 7.92. The molecule has 1 fully saturated rings. The number of hydrogen-bond acceptors (Lipinski definition) is 3. The van der Waals surface area contributed by atoms with Crippen LogP contribution in [0.3, 0.4) is 0 Å². The lowest BCUT2D eigenvalue weighted by molar-refractivity contribution is 0.274. The predicted octanol–water partition coefficient (Wildman–Crippen LogP) is 2.37. The van der Waals surface area contributed by atoms with Crippen molar-refractivity contribution < 1.29 is 17.9 Å². The van der Waals surface area contributed by atoms with Gasteiger partial charge in [-0.2, -0.15) is 0 Å². The Morgan fingerprint density at radius 3 is 2.38 bits per heavy atom. The summed E-state index contributed by atoms with van der Waals surface area (Å²) in [7, 11) is -3.52. The summed E-state index contributed by atoms with van der Waals surface area (Å²) in [5, 5.41) is 8.74. The maximum absolute atomic E-state index is 13.3. The molecule has 0 aromatic heterocycles. The van der Waals surface area contributed by atoms with E-state index in [1.54, 1.807) is 42.5 Å². The largest absolute Gasteiger partial charge is 0.396 e. The predicted molar refractivity (Wildman–Crippen MR) is 77.1 cm³/mol. The molecule has 3 rings (SSSR count). The fourth-order valence-corrected chi connectivity index (χ4v) is 5.12. The quantitative estimate of drug-likeness (QED) is 0.943. The number of rotatable bonds is 4.